The molecule has 32 heavy (non-hydrogen) atoms. The van der Waals surface area contributed by atoms with E-state index in [1.807, 2.05) is 18.2 Å². The zero-order chi connectivity index (χ0) is 23.3. The summed E-state index contributed by atoms with van der Waals surface area (Å²) >= 11 is 6.09. The normalized spacial score (nSPS) is 16.8. The Hall–Kier alpha value is -2.13. The van der Waals surface area contributed by atoms with Crippen molar-refractivity contribution in [3.05, 3.63) is 58.1 Å². The number of rotatable bonds is 9. The van der Waals surface area contributed by atoms with Crippen molar-refractivity contribution < 1.29 is 27.8 Å². The predicted octanol–water partition coefficient (Wildman–Crippen LogP) is 2.87. The van der Waals surface area contributed by atoms with Crippen molar-refractivity contribution in [1.82, 2.24) is 5.32 Å². The van der Waals surface area contributed by atoms with E-state index in [9.17, 15) is 18.3 Å². The second kappa shape index (κ2) is 10.7. The summed E-state index contributed by atoms with van der Waals surface area (Å²) in [6, 6.07) is 10.5. The fraction of sp³-hybridized carbons (Fsp3) is 0.435. The van der Waals surface area contributed by atoms with Crippen molar-refractivity contribution in [2.24, 2.45) is 0 Å². The Morgan fingerprint density at radius 3 is 2.72 bits per heavy atom. The van der Waals surface area contributed by atoms with E-state index in [2.05, 4.69) is 5.32 Å². The molecule has 0 heterocycles. The van der Waals surface area contributed by atoms with E-state index in [1.165, 1.54) is 17.7 Å². The quantitative estimate of drug-likeness (QED) is 0.531. The Labute approximate surface area is 193 Å². The molecule has 0 amide bonds. The molecule has 0 spiro atoms. The lowest BCUT2D eigenvalue weighted by molar-refractivity contribution is -0.145. The molecule has 1 aliphatic carbocycles. The Morgan fingerprint density at radius 2 is 2.03 bits per heavy atom. The standard InChI is InChI=1S/C23H28ClNO6S/c1-3-30-23(27)14-31-19-8-5-15-4-7-18(10-17(15)11-19)25-13-21(26)16-6-9-22(20(24)12-16)32(2,28)29/h5-6,8-9,11-12,18,21,25-26H,3-4,7,10,13-14H2,1-2H3/t18-,21+/m0/s1. The van der Waals surface area contributed by atoms with Crippen LogP contribution in [0.15, 0.2) is 41.3 Å². The van der Waals surface area contributed by atoms with Gasteiger partial charge in [-0.2, -0.15) is 0 Å². The van der Waals surface area contributed by atoms with E-state index in [4.69, 9.17) is 21.1 Å². The third kappa shape index (κ3) is 6.45. The SMILES string of the molecule is CCOC(=O)COc1ccc2c(c1)C[C@@H](NC[C@@H](O)c1ccc(S(C)(=O)=O)c(Cl)c1)CC2. The first-order chi connectivity index (χ1) is 15.2. The van der Waals surface area contributed by atoms with Gasteiger partial charge in [0.2, 0.25) is 0 Å². The molecule has 2 aromatic carbocycles. The Kier molecular flexibility index (Phi) is 8.16. The molecule has 0 saturated heterocycles. The van der Waals surface area contributed by atoms with Crippen LogP contribution in [0.1, 0.15) is 36.1 Å². The van der Waals surface area contributed by atoms with Crippen molar-refractivity contribution >= 4 is 27.4 Å². The average molecular weight is 482 g/mol. The van der Waals surface area contributed by atoms with E-state index >= 15 is 0 Å². The Balaban J connectivity index is 1.57. The lowest BCUT2D eigenvalue weighted by atomic mass is 9.88. The van der Waals surface area contributed by atoms with Gasteiger partial charge in [-0.15, -0.1) is 0 Å². The number of hydrogen-bond acceptors (Lipinski definition) is 7. The highest BCUT2D eigenvalue weighted by molar-refractivity contribution is 7.90. The minimum absolute atomic E-state index is 0.0490. The largest absolute Gasteiger partial charge is 0.482 e. The Morgan fingerprint density at radius 1 is 1.25 bits per heavy atom. The van der Waals surface area contributed by atoms with Crippen molar-refractivity contribution in [3.63, 3.8) is 0 Å². The molecule has 2 N–H and O–H groups in total. The summed E-state index contributed by atoms with van der Waals surface area (Å²) in [6.07, 6.45) is 2.88. The van der Waals surface area contributed by atoms with Gasteiger partial charge < -0.3 is 19.9 Å². The summed E-state index contributed by atoms with van der Waals surface area (Å²) < 4.78 is 33.8. The van der Waals surface area contributed by atoms with Crippen LogP contribution in [0.25, 0.3) is 0 Å². The van der Waals surface area contributed by atoms with Crippen molar-refractivity contribution in [1.29, 1.82) is 0 Å². The van der Waals surface area contributed by atoms with Gasteiger partial charge in [0, 0.05) is 18.8 Å². The van der Waals surface area contributed by atoms with Crippen molar-refractivity contribution in [2.45, 2.75) is 43.2 Å². The molecule has 9 heteroatoms. The number of sulfone groups is 1. The number of halogens is 1. The van der Waals surface area contributed by atoms with E-state index in [0.717, 1.165) is 31.1 Å². The summed E-state index contributed by atoms with van der Waals surface area (Å²) in [7, 11) is -3.41. The molecule has 0 unspecified atom stereocenters. The number of fused-ring (bicyclic) bond motifs is 1. The summed E-state index contributed by atoms with van der Waals surface area (Å²) in [4.78, 5) is 11.5. The maximum Gasteiger partial charge on any atom is 0.344 e. The van der Waals surface area contributed by atoms with Crippen LogP contribution >= 0.6 is 11.6 Å². The lowest BCUT2D eigenvalue weighted by Crippen LogP contribution is -2.37. The Bertz CT molecular complexity index is 1070. The molecule has 3 rings (SSSR count). The average Bonchev–Trinajstić information content (AvgIpc) is 2.75. The van der Waals surface area contributed by atoms with Crippen LogP contribution in [-0.4, -0.2) is 51.5 Å². The highest BCUT2D eigenvalue weighted by Gasteiger charge is 2.21. The van der Waals surface area contributed by atoms with Crippen LogP contribution in [0.5, 0.6) is 5.75 Å². The summed E-state index contributed by atoms with van der Waals surface area (Å²) in [5.41, 5.74) is 2.95. The van der Waals surface area contributed by atoms with E-state index in [0.29, 0.717) is 24.5 Å². The van der Waals surface area contributed by atoms with Gasteiger partial charge in [0.25, 0.3) is 0 Å². The molecule has 2 aromatic rings. The van der Waals surface area contributed by atoms with Crippen LogP contribution in [0, 0.1) is 0 Å². The van der Waals surface area contributed by atoms with Crippen LogP contribution in [0.3, 0.4) is 0 Å². The first kappa shape index (κ1) is 24.5. The van der Waals surface area contributed by atoms with Crippen LogP contribution in [0.2, 0.25) is 5.02 Å². The van der Waals surface area contributed by atoms with Crippen LogP contribution < -0.4 is 10.1 Å². The number of nitrogens with one attached hydrogen (secondary N) is 1. The van der Waals surface area contributed by atoms with E-state index < -0.39 is 21.9 Å². The lowest BCUT2D eigenvalue weighted by Gasteiger charge is -2.27. The first-order valence-electron chi connectivity index (χ1n) is 10.5. The second-order valence-electron chi connectivity index (χ2n) is 7.85. The molecule has 0 bridgehead atoms. The molecule has 0 fully saturated rings. The van der Waals surface area contributed by atoms with Crippen molar-refractivity contribution in [3.8, 4) is 5.75 Å². The molecular weight excluding hydrogens is 454 g/mol. The molecule has 7 nitrogen and oxygen atoms in total. The maximum absolute atomic E-state index is 11.7. The number of aliphatic hydroxyl groups excluding tert-OH is 1. The number of carbonyl (C=O) groups excluding carboxylic acids is 1. The van der Waals surface area contributed by atoms with Gasteiger partial charge in [-0.1, -0.05) is 23.7 Å². The van der Waals surface area contributed by atoms with Gasteiger partial charge in [0.05, 0.1) is 22.6 Å². The van der Waals surface area contributed by atoms with E-state index in [1.54, 1.807) is 13.0 Å². The summed E-state index contributed by atoms with van der Waals surface area (Å²) in [5, 5.41) is 14.0. The third-order valence-corrected chi connectivity index (χ3v) is 6.99. The molecule has 0 saturated carbocycles. The van der Waals surface area contributed by atoms with E-state index in [-0.39, 0.29) is 22.6 Å². The molecule has 1 aliphatic rings. The highest BCUT2D eigenvalue weighted by Crippen LogP contribution is 2.27. The molecule has 0 aromatic heterocycles. The second-order valence-corrected chi connectivity index (χ2v) is 10.2. The topological polar surface area (TPSA) is 102 Å². The van der Waals surface area contributed by atoms with Gasteiger partial charge in [-0.25, -0.2) is 13.2 Å². The van der Waals surface area contributed by atoms with Crippen molar-refractivity contribution in [2.75, 3.05) is 26.0 Å². The zero-order valence-corrected chi connectivity index (χ0v) is 19.7. The molecule has 174 valence electrons. The van der Waals surface area contributed by atoms with Gasteiger partial charge in [-0.05, 0) is 67.1 Å². The minimum atomic E-state index is -3.41. The fourth-order valence-corrected chi connectivity index (χ4v) is 5.10. The van der Waals surface area contributed by atoms with Gasteiger partial charge in [0.1, 0.15) is 5.75 Å². The number of ether oxygens (including phenoxy) is 2. The number of carbonyl (C=O) groups is 1. The number of aliphatic hydroxyl groups is 1. The highest BCUT2D eigenvalue weighted by atomic mass is 35.5. The number of hydrogen-bond donors (Lipinski definition) is 2. The summed E-state index contributed by atoms with van der Waals surface area (Å²) in [5.74, 6) is 0.224. The number of esters is 1. The third-order valence-electron chi connectivity index (χ3n) is 5.41. The molecule has 0 aliphatic heterocycles. The molecular formula is C23H28ClNO6S. The number of benzene rings is 2. The number of aryl methyl sites for hydroxylation is 1. The first-order valence-corrected chi connectivity index (χ1v) is 12.8. The minimum Gasteiger partial charge on any atom is -0.482 e. The van der Waals surface area contributed by atoms with Crippen LogP contribution in [0.4, 0.5) is 0 Å². The zero-order valence-electron chi connectivity index (χ0n) is 18.1. The molecule has 2 atom stereocenters. The predicted molar refractivity (Wildman–Crippen MR) is 122 cm³/mol. The smallest absolute Gasteiger partial charge is 0.344 e. The maximum atomic E-state index is 11.7. The van der Waals surface area contributed by atoms with Gasteiger partial charge >= 0.3 is 5.97 Å². The fourth-order valence-electron chi connectivity index (χ4n) is 3.76. The van der Waals surface area contributed by atoms with Crippen LogP contribution in [-0.2, 0) is 32.2 Å². The van der Waals surface area contributed by atoms with Gasteiger partial charge in [0.15, 0.2) is 16.4 Å². The monoisotopic (exact) mass is 481 g/mol. The van der Waals surface area contributed by atoms with Gasteiger partial charge in [-0.3, -0.25) is 0 Å². The molecule has 0 radical (unpaired) electrons. The summed E-state index contributed by atoms with van der Waals surface area (Å²) in [6.45, 7) is 2.26.